The summed E-state index contributed by atoms with van der Waals surface area (Å²) in [5.41, 5.74) is 0.874. The van der Waals surface area contributed by atoms with Crippen molar-refractivity contribution < 1.29 is 9.26 Å². The first-order valence-electron chi connectivity index (χ1n) is 10.4. The molecule has 0 spiro atoms. The molecular formula is C21H31ClN6O2. The summed E-state index contributed by atoms with van der Waals surface area (Å²) < 4.78 is 11.2. The van der Waals surface area contributed by atoms with E-state index in [4.69, 9.17) is 20.9 Å². The highest BCUT2D eigenvalue weighted by molar-refractivity contribution is 6.30. The van der Waals surface area contributed by atoms with E-state index in [0.29, 0.717) is 35.6 Å². The molecule has 164 valence electrons. The summed E-state index contributed by atoms with van der Waals surface area (Å²) in [6.07, 6.45) is 0.762. The molecule has 2 heterocycles. The van der Waals surface area contributed by atoms with Gasteiger partial charge >= 0.3 is 0 Å². The Bertz CT molecular complexity index is 808. The fraction of sp³-hybridized carbons (Fsp3) is 0.571. The highest BCUT2D eigenvalue weighted by Crippen LogP contribution is 2.18. The van der Waals surface area contributed by atoms with E-state index >= 15 is 0 Å². The van der Waals surface area contributed by atoms with Crippen LogP contribution in [0.4, 0.5) is 0 Å². The van der Waals surface area contributed by atoms with E-state index in [2.05, 4.69) is 44.5 Å². The Morgan fingerprint density at radius 2 is 2.10 bits per heavy atom. The number of halogens is 1. The molecule has 1 atom stereocenters. The second-order valence-electron chi connectivity index (χ2n) is 7.79. The molecule has 1 saturated heterocycles. The van der Waals surface area contributed by atoms with E-state index in [0.717, 1.165) is 44.3 Å². The molecule has 1 aromatic heterocycles. The summed E-state index contributed by atoms with van der Waals surface area (Å²) in [4.78, 5) is 11.2. The largest absolute Gasteiger partial charge is 0.374 e. The maximum atomic E-state index is 5.92. The molecule has 0 amide bonds. The number of nitrogens with zero attached hydrogens (tertiary/aromatic N) is 4. The van der Waals surface area contributed by atoms with Gasteiger partial charge in [0, 0.05) is 56.8 Å². The predicted molar refractivity (Wildman–Crippen MR) is 119 cm³/mol. The third-order valence-electron chi connectivity index (χ3n) is 4.77. The third kappa shape index (κ3) is 6.97. The molecule has 2 aromatic rings. The molecule has 1 unspecified atom stereocenters. The van der Waals surface area contributed by atoms with Crippen LogP contribution in [-0.2, 0) is 11.2 Å². The van der Waals surface area contributed by atoms with E-state index in [-0.39, 0.29) is 6.10 Å². The van der Waals surface area contributed by atoms with Gasteiger partial charge in [0.05, 0.1) is 12.7 Å². The second kappa shape index (κ2) is 11.3. The number of benzene rings is 1. The van der Waals surface area contributed by atoms with Crippen LogP contribution in [0.2, 0.25) is 5.02 Å². The minimum absolute atomic E-state index is 0.161. The fourth-order valence-electron chi connectivity index (χ4n) is 3.38. The number of rotatable bonds is 8. The molecule has 30 heavy (non-hydrogen) atoms. The van der Waals surface area contributed by atoms with Gasteiger partial charge in [-0.2, -0.15) is 4.98 Å². The van der Waals surface area contributed by atoms with E-state index in [1.807, 2.05) is 24.3 Å². The Kier molecular flexibility index (Phi) is 8.48. The molecule has 0 bridgehead atoms. The number of morpholine rings is 1. The van der Waals surface area contributed by atoms with Crippen molar-refractivity contribution in [2.24, 2.45) is 10.9 Å². The molecule has 3 rings (SSSR count). The molecule has 1 aliphatic rings. The Balaban J connectivity index is 1.40. The Labute approximate surface area is 183 Å². The third-order valence-corrected chi connectivity index (χ3v) is 5.02. The van der Waals surface area contributed by atoms with Gasteiger partial charge in [-0.15, -0.1) is 0 Å². The minimum Gasteiger partial charge on any atom is -0.374 e. The van der Waals surface area contributed by atoms with Gasteiger partial charge in [-0.3, -0.25) is 9.89 Å². The van der Waals surface area contributed by atoms with Gasteiger partial charge < -0.3 is 19.9 Å². The zero-order valence-electron chi connectivity index (χ0n) is 17.9. The Morgan fingerprint density at radius 1 is 1.30 bits per heavy atom. The van der Waals surface area contributed by atoms with Crippen LogP contribution >= 0.6 is 11.6 Å². The van der Waals surface area contributed by atoms with Crippen LogP contribution in [0.1, 0.15) is 19.7 Å². The minimum atomic E-state index is 0.161. The Morgan fingerprint density at radius 3 is 2.83 bits per heavy atom. The number of aromatic nitrogens is 2. The molecule has 1 aliphatic heterocycles. The van der Waals surface area contributed by atoms with Gasteiger partial charge in [0.2, 0.25) is 11.7 Å². The molecule has 0 radical (unpaired) electrons. The molecule has 9 heteroatoms. The van der Waals surface area contributed by atoms with Crippen molar-refractivity contribution in [2.45, 2.75) is 26.4 Å². The lowest BCUT2D eigenvalue weighted by Gasteiger charge is -2.34. The number of aliphatic imine (C=N–C) groups is 1. The number of hydrogen-bond donors (Lipinski definition) is 2. The van der Waals surface area contributed by atoms with Crippen molar-refractivity contribution in [3.8, 4) is 11.4 Å². The van der Waals surface area contributed by atoms with Gasteiger partial charge in [-0.05, 0) is 30.2 Å². The van der Waals surface area contributed by atoms with E-state index in [1.54, 1.807) is 7.05 Å². The van der Waals surface area contributed by atoms with Gasteiger partial charge in [0.25, 0.3) is 0 Å². The number of hydrogen-bond acceptors (Lipinski definition) is 6. The first kappa shape index (κ1) is 22.5. The molecule has 0 saturated carbocycles. The monoisotopic (exact) mass is 434 g/mol. The molecule has 1 fully saturated rings. The lowest BCUT2D eigenvalue weighted by molar-refractivity contribution is -0.0284. The van der Waals surface area contributed by atoms with E-state index < -0.39 is 0 Å². The summed E-state index contributed by atoms with van der Waals surface area (Å²) >= 11 is 5.92. The zero-order valence-corrected chi connectivity index (χ0v) is 18.7. The van der Waals surface area contributed by atoms with Crippen LogP contribution in [0.5, 0.6) is 0 Å². The smallest absolute Gasteiger partial charge is 0.228 e. The van der Waals surface area contributed by atoms with Gasteiger partial charge in [0.1, 0.15) is 0 Å². The van der Waals surface area contributed by atoms with Gasteiger partial charge in [-0.25, -0.2) is 0 Å². The number of ether oxygens (including phenoxy) is 1. The summed E-state index contributed by atoms with van der Waals surface area (Å²) in [5, 5.41) is 11.3. The number of guanidine groups is 1. The highest BCUT2D eigenvalue weighted by Gasteiger charge is 2.21. The van der Waals surface area contributed by atoms with Crippen molar-refractivity contribution in [3.05, 3.63) is 35.2 Å². The zero-order chi connectivity index (χ0) is 21.3. The molecule has 8 nitrogen and oxygen atoms in total. The average Bonchev–Trinajstić information content (AvgIpc) is 3.20. The fourth-order valence-corrected chi connectivity index (χ4v) is 3.50. The molecule has 0 aliphatic carbocycles. The maximum absolute atomic E-state index is 5.92. The number of nitrogens with one attached hydrogen (secondary N) is 2. The van der Waals surface area contributed by atoms with Crippen molar-refractivity contribution in [3.63, 3.8) is 0 Å². The lowest BCUT2D eigenvalue weighted by atomic mass is 10.2. The topological polar surface area (TPSA) is 87.8 Å². The van der Waals surface area contributed by atoms with Gasteiger partial charge in [-0.1, -0.05) is 30.6 Å². The van der Waals surface area contributed by atoms with Crippen molar-refractivity contribution in [1.82, 2.24) is 25.7 Å². The van der Waals surface area contributed by atoms with Crippen LogP contribution in [0.3, 0.4) is 0 Å². The summed E-state index contributed by atoms with van der Waals surface area (Å²) in [6.45, 7) is 9.67. The van der Waals surface area contributed by atoms with Crippen LogP contribution in [-0.4, -0.2) is 73.5 Å². The van der Waals surface area contributed by atoms with E-state index in [1.165, 1.54) is 0 Å². The Hall–Kier alpha value is -2.16. The lowest BCUT2D eigenvalue weighted by Crippen LogP contribution is -2.50. The molecule has 2 N–H and O–H groups in total. The first-order chi connectivity index (χ1) is 14.5. The van der Waals surface area contributed by atoms with Gasteiger partial charge in [0.15, 0.2) is 5.96 Å². The summed E-state index contributed by atoms with van der Waals surface area (Å²) in [5.74, 6) is 2.53. The highest BCUT2D eigenvalue weighted by atomic mass is 35.5. The second-order valence-corrected chi connectivity index (χ2v) is 8.23. The quantitative estimate of drug-likeness (QED) is 0.487. The van der Waals surface area contributed by atoms with Crippen LogP contribution in [0.25, 0.3) is 11.4 Å². The molecule has 1 aromatic carbocycles. The standard InChI is InChI=1S/C21H31ClN6O2/c1-15(2)13-28-10-11-29-18(14-28)12-25-21(23-3)24-9-8-19-26-20(27-30-19)16-4-6-17(22)7-5-16/h4-7,15,18H,8-14H2,1-3H3,(H2,23,24,25). The van der Waals surface area contributed by atoms with E-state index in [9.17, 15) is 0 Å². The first-order valence-corrected chi connectivity index (χ1v) is 10.8. The predicted octanol–water partition coefficient (Wildman–Crippen LogP) is 2.45. The normalized spacial score (nSPS) is 18.0. The van der Waals surface area contributed by atoms with Crippen LogP contribution in [0.15, 0.2) is 33.8 Å². The average molecular weight is 435 g/mol. The van der Waals surface area contributed by atoms with Crippen LogP contribution < -0.4 is 10.6 Å². The molecular weight excluding hydrogens is 404 g/mol. The van der Waals surface area contributed by atoms with Crippen LogP contribution in [0, 0.1) is 5.92 Å². The summed E-state index contributed by atoms with van der Waals surface area (Å²) in [6, 6.07) is 7.36. The maximum Gasteiger partial charge on any atom is 0.228 e. The van der Waals surface area contributed by atoms with Crippen molar-refractivity contribution >= 4 is 17.6 Å². The summed E-state index contributed by atoms with van der Waals surface area (Å²) in [7, 11) is 1.76. The SMILES string of the molecule is CN=C(NCCc1nc(-c2ccc(Cl)cc2)no1)NCC1CN(CC(C)C)CCO1. The van der Waals surface area contributed by atoms with Crippen molar-refractivity contribution in [2.75, 3.05) is 46.4 Å². The van der Waals surface area contributed by atoms with Crippen molar-refractivity contribution in [1.29, 1.82) is 0 Å².